The first-order valence-corrected chi connectivity index (χ1v) is 7.61. The highest BCUT2D eigenvalue weighted by Gasteiger charge is 2.36. The molecule has 3 heteroatoms. The molecule has 1 aromatic heterocycles. The van der Waals surface area contributed by atoms with Crippen molar-refractivity contribution in [1.29, 1.82) is 0 Å². The summed E-state index contributed by atoms with van der Waals surface area (Å²) < 4.78 is 1.18. The Kier molecular flexibility index (Phi) is 3.79. The number of hydrogen-bond donors (Lipinski definition) is 0. The molecule has 1 fully saturated rings. The summed E-state index contributed by atoms with van der Waals surface area (Å²) >= 11 is 12.0. The molecule has 1 aliphatic carbocycles. The molecular formula is C12H16BrClS. The molecular weight excluding hydrogens is 292 g/mol. The second kappa shape index (κ2) is 4.77. The zero-order chi connectivity index (χ0) is 10.9. The summed E-state index contributed by atoms with van der Waals surface area (Å²) in [5.74, 6) is 0. The van der Waals surface area contributed by atoms with Crippen LogP contribution in [-0.4, -0.2) is 0 Å². The van der Waals surface area contributed by atoms with Crippen molar-refractivity contribution in [3.63, 3.8) is 0 Å². The highest BCUT2D eigenvalue weighted by Crippen LogP contribution is 2.51. The van der Waals surface area contributed by atoms with Gasteiger partial charge in [0.2, 0.25) is 0 Å². The summed E-state index contributed by atoms with van der Waals surface area (Å²) in [6, 6.07) is 2.10. The fourth-order valence-corrected chi connectivity index (χ4v) is 4.79. The summed E-state index contributed by atoms with van der Waals surface area (Å²) in [6.45, 7) is 2.34. The summed E-state index contributed by atoms with van der Waals surface area (Å²) in [7, 11) is 0. The van der Waals surface area contributed by atoms with Gasteiger partial charge in [-0.05, 0) is 45.6 Å². The van der Waals surface area contributed by atoms with Crippen molar-refractivity contribution < 1.29 is 0 Å². The van der Waals surface area contributed by atoms with Crippen LogP contribution in [-0.2, 0) is 0 Å². The SMILES string of the molecule is CC1(C(Cl)c2sccc2Br)CCCCC1. The maximum atomic E-state index is 6.65. The van der Waals surface area contributed by atoms with Gasteiger partial charge in [0.25, 0.3) is 0 Å². The minimum absolute atomic E-state index is 0.173. The zero-order valence-corrected chi connectivity index (χ0v) is 12.1. The van der Waals surface area contributed by atoms with Crippen LogP contribution in [0.4, 0.5) is 0 Å². The van der Waals surface area contributed by atoms with Crippen LogP contribution < -0.4 is 0 Å². The molecule has 1 aromatic rings. The van der Waals surface area contributed by atoms with Crippen LogP contribution in [0.25, 0.3) is 0 Å². The third-order valence-electron chi connectivity index (χ3n) is 3.48. The maximum absolute atomic E-state index is 6.65. The van der Waals surface area contributed by atoms with Gasteiger partial charge in [0, 0.05) is 9.35 Å². The predicted octanol–water partition coefficient (Wildman–Crippen LogP) is 5.76. The normalized spacial score (nSPS) is 22.6. The number of rotatable bonds is 2. The summed E-state index contributed by atoms with van der Waals surface area (Å²) in [6.07, 6.45) is 6.59. The van der Waals surface area contributed by atoms with Gasteiger partial charge in [-0.25, -0.2) is 0 Å². The molecule has 84 valence electrons. The van der Waals surface area contributed by atoms with Gasteiger partial charge in [-0.1, -0.05) is 26.2 Å². The molecule has 0 amide bonds. The van der Waals surface area contributed by atoms with E-state index in [1.807, 2.05) is 0 Å². The van der Waals surface area contributed by atoms with Crippen LogP contribution in [0.5, 0.6) is 0 Å². The van der Waals surface area contributed by atoms with E-state index in [1.54, 1.807) is 11.3 Å². The molecule has 0 N–H and O–H groups in total. The first-order valence-electron chi connectivity index (χ1n) is 5.50. The van der Waals surface area contributed by atoms with Crippen molar-refractivity contribution in [2.24, 2.45) is 5.41 Å². The molecule has 0 radical (unpaired) electrons. The molecule has 0 bridgehead atoms. The quantitative estimate of drug-likeness (QED) is 0.609. The molecule has 0 spiro atoms. The van der Waals surface area contributed by atoms with Crippen LogP contribution in [0.2, 0.25) is 0 Å². The fourth-order valence-electron chi connectivity index (χ4n) is 2.42. The Morgan fingerprint density at radius 2 is 2.07 bits per heavy atom. The second-order valence-electron chi connectivity index (χ2n) is 4.71. The minimum atomic E-state index is 0.173. The molecule has 1 aliphatic rings. The zero-order valence-electron chi connectivity index (χ0n) is 8.93. The lowest BCUT2D eigenvalue weighted by Crippen LogP contribution is -2.24. The molecule has 1 heterocycles. The van der Waals surface area contributed by atoms with Crippen LogP contribution in [0, 0.1) is 5.41 Å². The Labute approximate surface area is 109 Å². The lowest BCUT2D eigenvalue weighted by atomic mass is 9.73. The van der Waals surface area contributed by atoms with E-state index in [0.29, 0.717) is 5.41 Å². The first-order chi connectivity index (χ1) is 7.13. The molecule has 1 unspecified atom stereocenters. The molecule has 0 nitrogen and oxygen atoms in total. The topological polar surface area (TPSA) is 0 Å². The molecule has 0 saturated heterocycles. The largest absolute Gasteiger partial charge is 0.146 e. The van der Waals surface area contributed by atoms with Gasteiger partial charge in [0.05, 0.1) is 5.38 Å². The minimum Gasteiger partial charge on any atom is -0.146 e. The Morgan fingerprint density at radius 1 is 1.40 bits per heavy atom. The summed E-state index contributed by atoms with van der Waals surface area (Å²) in [5.41, 5.74) is 0.299. The predicted molar refractivity (Wildman–Crippen MR) is 71.8 cm³/mol. The first kappa shape index (κ1) is 11.9. The Hall–Kier alpha value is 0.470. The van der Waals surface area contributed by atoms with Crippen LogP contribution in [0.3, 0.4) is 0 Å². The van der Waals surface area contributed by atoms with Crippen molar-refractivity contribution in [2.45, 2.75) is 44.4 Å². The van der Waals surface area contributed by atoms with Crippen LogP contribution in [0.1, 0.15) is 49.3 Å². The highest BCUT2D eigenvalue weighted by molar-refractivity contribution is 9.10. The average molecular weight is 308 g/mol. The number of hydrogen-bond acceptors (Lipinski definition) is 1. The second-order valence-corrected chi connectivity index (χ2v) is 6.95. The average Bonchev–Trinajstić information content (AvgIpc) is 2.64. The van der Waals surface area contributed by atoms with E-state index >= 15 is 0 Å². The van der Waals surface area contributed by atoms with Crippen molar-refractivity contribution in [3.05, 3.63) is 20.8 Å². The lowest BCUT2D eigenvalue weighted by molar-refractivity contribution is 0.208. The third-order valence-corrected chi connectivity index (χ3v) is 6.29. The van der Waals surface area contributed by atoms with E-state index in [-0.39, 0.29) is 5.38 Å². The van der Waals surface area contributed by atoms with E-state index in [2.05, 4.69) is 34.3 Å². The van der Waals surface area contributed by atoms with Gasteiger partial charge in [0.1, 0.15) is 0 Å². The van der Waals surface area contributed by atoms with Gasteiger partial charge in [0.15, 0.2) is 0 Å². The van der Waals surface area contributed by atoms with E-state index in [4.69, 9.17) is 11.6 Å². The highest BCUT2D eigenvalue weighted by atomic mass is 79.9. The molecule has 1 atom stereocenters. The molecule has 0 aromatic carbocycles. The van der Waals surface area contributed by atoms with Gasteiger partial charge < -0.3 is 0 Å². The summed E-state index contributed by atoms with van der Waals surface area (Å²) in [5, 5.41) is 2.29. The van der Waals surface area contributed by atoms with E-state index in [0.717, 1.165) is 0 Å². The van der Waals surface area contributed by atoms with Crippen molar-refractivity contribution in [3.8, 4) is 0 Å². The monoisotopic (exact) mass is 306 g/mol. The third kappa shape index (κ3) is 2.42. The van der Waals surface area contributed by atoms with Crippen LogP contribution in [0.15, 0.2) is 15.9 Å². The lowest BCUT2D eigenvalue weighted by Gasteiger charge is -2.37. The maximum Gasteiger partial charge on any atom is 0.0743 e. The van der Waals surface area contributed by atoms with Crippen LogP contribution >= 0.6 is 38.9 Å². The smallest absolute Gasteiger partial charge is 0.0743 e. The Bertz CT molecular complexity index is 328. The van der Waals surface area contributed by atoms with Gasteiger partial charge in [-0.3, -0.25) is 0 Å². The molecule has 0 aliphatic heterocycles. The van der Waals surface area contributed by atoms with Gasteiger partial charge >= 0.3 is 0 Å². The molecule has 15 heavy (non-hydrogen) atoms. The molecule has 2 rings (SSSR count). The van der Waals surface area contributed by atoms with E-state index < -0.39 is 0 Å². The van der Waals surface area contributed by atoms with Gasteiger partial charge in [-0.15, -0.1) is 22.9 Å². The Morgan fingerprint density at radius 3 is 2.60 bits per heavy atom. The fraction of sp³-hybridized carbons (Fsp3) is 0.667. The van der Waals surface area contributed by atoms with Crippen molar-refractivity contribution in [2.75, 3.05) is 0 Å². The van der Waals surface area contributed by atoms with Crippen molar-refractivity contribution >= 4 is 38.9 Å². The number of halogens is 2. The van der Waals surface area contributed by atoms with E-state index in [1.165, 1.54) is 41.5 Å². The Balaban J connectivity index is 2.19. The standard InChI is InChI=1S/C12H16BrClS/c1-12(6-3-2-4-7-12)11(14)10-9(13)5-8-15-10/h5,8,11H,2-4,6-7H2,1H3. The summed E-state index contributed by atoms with van der Waals surface area (Å²) in [4.78, 5) is 1.31. The number of thiophene rings is 1. The number of alkyl halides is 1. The van der Waals surface area contributed by atoms with Crippen molar-refractivity contribution in [1.82, 2.24) is 0 Å². The van der Waals surface area contributed by atoms with E-state index in [9.17, 15) is 0 Å². The van der Waals surface area contributed by atoms with Gasteiger partial charge in [-0.2, -0.15) is 0 Å². The molecule has 1 saturated carbocycles.